The van der Waals surface area contributed by atoms with E-state index in [0.29, 0.717) is 23.9 Å². The number of nitrogens with one attached hydrogen (secondary N) is 3. The molecular weight excluding hydrogens is 368 g/mol. The molecule has 0 fully saturated rings. The van der Waals surface area contributed by atoms with Gasteiger partial charge in [0.15, 0.2) is 0 Å². The molecule has 3 heterocycles. The molecule has 0 unspecified atom stereocenters. The van der Waals surface area contributed by atoms with Crippen molar-refractivity contribution in [1.29, 1.82) is 0 Å². The number of anilines is 1. The van der Waals surface area contributed by atoms with Gasteiger partial charge in [0, 0.05) is 36.6 Å². The molecule has 8 heteroatoms. The number of aromatic nitrogens is 4. The second-order valence-corrected chi connectivity index (χ2v) is 6.93. The summed E-state index contributed by atoms with van der Waals surface area (Å²) in [7, 11) is 1.61. The van der Waals surface area contributed by atoms with Crippen molar-refractivity contribution in [3.63, 3.8) is 0 Å². The molecule has 144 valence electrons. The number of aryl methyl sites for hydroxylation is 1. The number of carbonyl (C=O) groups excluding carboxylic acids is 2. The Morgan fingerprint density at radius 1 is 1.17 bits per heavy atom. The van der Waals surface area contributed by atoms with Crippen LogP contribution in [-0.2, 0) is 11.2 Å². The predicted molar refractivity (Wildman–Crippen MR) is 109 cm³/mol. The predicted octanol–water partition coefficient (Wildman–Crippen LogP) is 2.66. The van der Waals surface area contributed by atoms with Crippen LogP contribution in [0.5, 0.6) is 0 Å². The number of carbonyl (C=O) groups is 2. The van der Waals surface area contributed by atoms with Gasteiger partial charge in [-0.3, -0.25) is 19.3 Å². The van der Waals surface area contributed by atoms with Gasteiger partial charge in [-0.05, 0) is 48.4 Å². The molecule has 1 aliphatic heterocycles. The summed E-state index contributed by atoms with van der Waals surface area (Å²) in [5.41, 5.74) is 5.86. The lowest BCUT2D eigenvalue weighted by atomic mass is 10.0. The number of fused-ring (bicyclic) bond motifs is 2. The van der Waals surface area contributed by atoms with Crippen LogP contribution in [0.3, 0.4) is 0 Å². The minimum Gasteiger partial charge on any atom is -0.355 e. The number of hydrogen-bond donors (Lipinski definition) is 3. The number of H-pyrrole nitrogens is 1. The zero-order valence-electron chi connectivity index (χ0n) is 15.7. The van der Waals surface area contributed by atoms with Crippen LogP contribution in [0.25, 0.3) is 28.1 Å². The van der Waals surface area contributed by atoms with Gasteiger partial charge in [0.2, 0.25) is 5.91 Å². The van der Waals surface area contributed by atoms with Crippen LogP contribution in [0.4, 0.5) is 5.69 Å². The third kappa shape index (κ3) is 2.85. The second kappa shape index (κ2) is 6.59. The topological polar surface area (TPSA) is 105 Å². The van der Waals surface area contributed by atoms with Crippen LogP contribution in [0, 0.1) is 0 Å². The summed E-state index contributed by atoms with van der Waals surface area (Å²) >= 11 is 0. The number of benzene rings is 2. The van der Waals surface area contributed by atoms with Gasteiger partial charge in [-0.1, -0.05) is 0 Å². The lowest BCUT2D eigenvalue weighted by Crippen LogP contribution is -2.19. The minimum atomic E-state index is -0.157. The number of hydrogen-bond acceptors (Lipinski definition) is 4. The van der Waals surface area contributed by atoms with E-state index in [1.165, 1.54) is 0 Å². The molecule has 1 aliphatic rings. The summed E-state index contributed by atoms with van der Waals surface area (Å²) < 4.78 is 2.05. The van der Waals surface area contributed by atoms with Crippen LogP contribution < -0.4 is 10.6 Å². The van der Waals surface area contributed by atoms with Crippen molar-refractivity contribution in [1.82, 2.24) is 25.1 Å². The Labute approximate surface area is 166 Å². The Morgan fingerprint density at radius 3 is 2.86 bits per heavy atom. The molecule has 0 saturated carbocycles. The highest BCUT2D eigenvalue weighted by atomic mass is 16.2. The molecule has 0 spiro atoms. The molecule has 2 aromatic carbocycles. The lowest BCUT2D eigenvalue weighted by molar-refractivity contribution is -0.116. The van der Waals surface area contributed by atoms with E-state index in [9.17, 15) is 9.59 Å². The van der Waals surface area contributed by atoms with Crippen molar-refractivity contribution in [3.05, 3.63) is 59.9 Å². The van der Waals surface area contributed by atoms with Crippen molar-refractivity contribution in [2.24, 2.45) is 0 Å². The first-order chi connectivity index (χ1) is 14.1. The maximum absolute atomic E-state index is 12.0. The summed E-state index contributed by atoms with van der Waals surface area (Å²) in [6.07, 6.45) is 4.68. The van der Waals surface area contributed by atoms with Gasteiger partial charge in [0.1, 0.15) is 5.82 Å². The maximum Gasteiger partial charge on any atom is 0.251 e. The van der Waals surface area contributed by atoms with E-state index in [2.05, 4.69) is 26.9 Å². The van der Waals surface area contributed by atoms with Crippen LogP contribution in [0.2, 0.25) is 0 Å². The molecule has 0 bridgehead atoms. The first kappa shape index (κ1) is 17.2. The minimum absolute atomic E-state index is 0.0409. The summed E-state index contributed by atoms with van der Waals surface area (Å²) in [6.45, 7) is 0. The highest BCUT2D eigenvalue weighted by molar-refractivity contribution is 5.98. The van der Waals surface area contributed by atoms with Gasteiger partial charge in [0.25, 0.3) is 5.91 Å². The molecule has 2 aromatic heterocycles. The molecule has 5 rings (SSSR count). The van der Waals surface area contributed by atoms with Crippen molar-refractivity contribution < 1.29 is 9.59 Å². The van der Waals surface area contributed by atoms with E-state index in [-0.39, 0.29) is 11.8 Å². The van der Waals surface area contributed by atoms with E-state index in [1.807, 2.05) is 22.8 Å². The Bertz CT molecular complexity index is 1260. The third-order valence-electron chi connectivity index (χ3n) is 5.14. The maximum atomic E-state index is 12.0. The van der Waals surface area contributed by atoms with Crippen LogP contribution in [-0.4, -0.2) is 38.6 Å². The van der Waals surface area contributed by atoms with Crippen molar-refractivity contribution in [2.45, 2.75) is 12.8 Å². The van der Waals surface area contributed by atoms with Crippen molar-refractivity contribution >= 4 is 28.5 Å². The summed E-state index contributed by atoms with van der Waals surface area (Å²) in [6, 6.07) is 11.4. The van der Waals surface area contributed by atoms with Gasteiger partial charge in [-0.25, -0.2) is 4.98 Å². The molecule has 2 amide bonds. The van der Waals surface area contributed by atoms with Gasteiger partial charge in [-0.15, -0.1) is 0 Å². The summed E-state index contributed by atoms with van der Waals surface area (Å²) in [5.74, 6) is 0.609. The van der Waals surface area contributed by atoms with E-state index < -0.39 is 0 Å². The highest BCUT2D eigenvalue weighted by Crippen LogP contribution is 2.32. The van der Waals surface area contributed by atoms with Crippen molar-refractivity contribution in [3.8, 4) is 17.1 Å². The van der Waals surface area contributed by atoms with Crippen LogP contribution in [0.1, 0.15) is 22.3 Å². The standard InChI is InChI=1S/C21H18N6O2/c1-22-21(29)13-2-6-18-17(9-13)26-20(14-10-23-24-11-14)27(18)15-4-5-16-12(8-15)3-7-19(28)25-16/h2,4-6,8-11H,3,7H2,1H3,(H,22,29)(H,23,24)(H,25,28). The molecule has 0 radical (unpaired) electrons. The second-order valence-electron chi connectivity index (χ2n) is 6.93. The zero-order valence-corrected chi connectivity index (χ0v) is 15.7. The fourth-order valence-electron chi connectivity index (χ4n) is 3.70. The molecule has 0 atom stereocenters. The monoisotopic (exact) mass is 386 g/mol. The van der Waals surface area contributed by atoms with E-state index in [1.54, 1.807) is 31.6 Å². The van der Waals surface area contributed by atoms with Gasteiger partial charge >= 0.3 is 0 Å². The van der Waals surface area contributed by atoms with Gasteiger partial charge < -0.3 is 10.6 Å². The Kier molecular flexibility index (Phi) is 3.90. The average Bonchev–Trinajstić information content (AvgIpc) is 3.40. The lowest BCUT2D eigenvalue weighted by Gasteiger charge is -2.18. The largest absolute Gasteiger partial charge is 0.355 e. The van der Waals surface area contributed by atoms with E-state index >= 15 is 0 Å². The number of nitrogens with zero attached hydrogens (tertiary/aromatic N) is 3. The fraction of sp³-hybridized carbons (Fsp3) is 0.143. The number of rotatable bonds is 3. The number of imidazole rings is 1. The third-order valence-corrected chi connectivity index (χ3v) is 5.14. The van der Waals surface area contributed by atoms with Crippen LogP contribution in [0.15, 0.2) is 48.8 Å². The Morgan fingerprint density at radius 2 is 2.07 bits per heavy atom. The molecule has 8 nitrogen and oxygen atoms in total. The fourth-order valence-corrected chi connectivity index (χ4v) is 3.70. The van der Waals surface area contributed by atoms with Gasteiger partial charge in [-0.2, -0.15) is 5.10 Å². The Hall–Kier alpha value is -3.94. The zero-order chi connectivity index (χ0) is 20.0. The highest BCUT2D eigenvalue weighted by Gasteiger charge is 2.19. The SMILES string of the molecule is CNC(=O)c1ccc2c(c1)nc(-c1cn[nH]c1)n2-c1ccc2c(c1)CCC(=O)N2. The van der Waals surface area contributed by atoms with Crippen LogP contribution >= 0.6 is 0 Å². The first-order valence-corrected chi connectivity index (χ1v) is 9.31. The normalized spacial score (nSPS) is 13.2. The molecule has 4 aromatic rings. The number of aromatic amines is 1. The smallest absolute Gasteiger partial charge is 0.251 e. The first-order valence-electron chi connectivity index (χ1n) is 9.31. The molecule has 29 heavy (non-hydrogen) atoms. The molecular formula is C21H18N6O2. The molecule has 3 N–H and O–H groups in total. The quantitative estimate of drug-likeness (QED) is 0.503. The molecule has 0 aliphatic carbocycles. The van der Waals surface area contributed by atoms with E-state index in [0.717, 1.165) is 33.8 Å². The average molecular weight is 386 g/mol. The summed E-state index contributed by atoms with van der Waals surface area (Å²) in [4.78, 5) is 28.5. The van der Waals surface area contributed by atoms with Gasteiger partial charge in [0.05, 0.1) is 22.8 Å². The Balaban J connectivity index is 1.72. The molecule has 0 saturated heterocycles. The summed E-state index contributed by atoms with van der Waals surface area (Å²) in [5, 5.41) is 12.4. The number of amides is 2. The van der Waals surface area contributed by atoms with Crippen molar-refractivity contribution in [2.75, 3.05) is 12.4 Å². The van der Waals surface area contributed by atoms with E-state index in [4.69, 9.17) is 4.98 Å².